The first-order valence-electron chi connectivity index (χ1n) is 4.51. The van der Waals surface area contributed by atoms with Gasteiger partial charge in [0.1, 0.15) is 12.0 Å². The third-order valence-electron chi connectivity index (χ3n) is 2.06. The molecule has 0 saturated carbocycles. The lowest BCUT2D eigenvalue weighted by atomic mass is 10.1. The minimum atomic E-state index is -1.27. The highest BCUT2D eigenvalue weighted by Crippen LogP contribution is 2.21. The molecule has 0 fully saturated rings. The van der Waals surface area contributed by atoms with Crippen LogP contribution in [0.25, 0.3) is 11.3 Å². The van der Waals surface area contributed by atoms with Gasteiger partial charge in [0.25, 0.3) is 5.69 Å². The molecule has 0 amide bonds. The molecule has 1 aromatic heterocycles. The number of oxazole rings is 1. The fourth-order valence-electron chi connectivity index (χ4n) is 1.26. The molecule has 0 saturated heterocycles. The maximum atomic E-state index is 10.5. The molecule has 0 aliphatic heterocycles. The quantitative estimate of drug-likeness (QED) is 0.642. The molecular formula is C10H6N2O5. The average Bonchev–Trinajstić information content (AvgIpc) is 2.78. The van der Waals surface area contributed by atoms with Crippen LogP contribution in [0.15, 0.2) is 34.9 Å². The molecule has 0 aliphatic carbocycles. The summed E-state index contributed by atoms with van der Waals surface area (Å²) in [6.45, 7) is 0. The first-order chi connectivity index (χ1) is 8.08. The summed E-state index contributed by atoms with van der Waals surface area (Å²) in [6.07, 6.45) is 1.19. The molecular weight excluding hydrogens is 228 g/mol. The van der Waals surface area contributed by atoms with Crippen LogP contribution in [0.5, 0.6) is 0 Å². The van der Waals surface area contributed by atoms with Crippen LogP contribution in [-0.4, -0.2) is 21.0 Å². The van der Waals surface area contributed by atoms with E-state index in [1.54, 1.807) is 0 Å². The van der Waals surface area contributed by atoms with Crippen molar-refractivity contribution in [3.63, 3.8) is 0 Å². The Labute approximate surface area is 94.5 Å². The topological polar surface area (TPSA) is 106 Å². The van der Waals surface area contributed by atoms with Crippen LogP contribution in [0.3, 0.4) is 0 Å². The Morgan fingerprint density at radius 1 is 1.35 bits per heavy atom. The highest BCUT2D eigenvalue weighted by Gasteiger charge is 2.13. The number of non-ortho nitro benzene ring substituents is 1. The van der Waals surface area contributed by atoms with Gasteiger partial charge in [-0.2, -0.15) is 0 Å². The van der Waals surface area contributed by atoms with Gasteiger partial charge < -0.3 is 9.52 Å². The number of nitro benzene ring substituents is 1. The molecule has 7 heteroatoms. The number of rotatable bonds is 3. The van der Waals surface area contributed by atoms with Crippen molar-refractivity contribution in [2.45, 2.75) is 0 Å². The van der Waals surface area contributed by atoms with Crippen molar-refractivity contribution in [1.82, 2.24) is 4.98 Å². The minimum Gasteiger partial charge on any atom is -0.474 e. The van der Waals surface area contributed by atoms with Crippen molar-refractivity contribution in [3.8, 4) is 11.3 Å². The summed E-state index contributed by atoms with van der Waals surface area (Å²) < 4.78 is 4.71. The van der Waals surface area contributed by atoms with Gasteiger partial charge in [-0.05, 0) is 12.1 Å². The third-order valence-corrected chi connectivity index (χ3v) is 2.06. The molecule has 17 heavy (non-hydrogen) atoms. The van der Waals surface area contributed by atoms with Crippen molar-refractivity contribution in [3.05, 3.63) is 46.5 Å². The van der Waals surface area contributed by atoms with Gasteiger partial charge in [0.2, 0.25) is 0 Å². The fraction of sp³-hybridized carbons (Fsp3) is 0. The Kier molecular flexibility index (Phi) is 2.57. The summed E-state index contributed by atoms with van der Waals surface area (Å²) in [6, 6.07) is 5.57. The Morgan fingerprint density at radius 3 is 2.47 bits per heavy atom. The van der Waals surface area contributed by atoms with Gasteiger partial charge in [-0.25, -0.2) is 9.78 Å². The van der Waals surface area contributed by atoms with Crippen LogP contribution < -0.4 is 0 Å². The highest BCUT2D eigenvalue weighted by atomic mass is 16.6. The van der Waals surface area contributed by atoms with E-state index in [4.69, 9.17) is 9.52 Å². The normalized spacial score (nSPS) is 10.1. The van der Waals surface area contributed by atoms with E-state index < -0.39 is 16.8 Å². The van der Waals surface area contributed by atoms with Crippen molar-refractivity contribution in [2.75, 3.05) is 0 Å². The smallest absolute Gasteiger partial charge is 0.392 e. The molecule has 0 bridgehead atoms. The number of hydrogen-bond acceptors (Lipinski definition) is 5. The monoisotopic (exact) mass is 234 g/mol. The summed E-state index contributed by atoms with van der Waals surface area (Å²) in [4.78, 5) is 24.2. The zero-order valence-electron chi connectivity index (χ0n) is 8.36. The van der Waals surface area contributed by atoms with E-state index in [0.717, 1.165) is 0 Å². The van der Waals surface area contributed by atoms with Crippen LogP contribution in [0.4, 0.5) is 5.69 Å². The van der Waals surface area contributed by atoms with Gasteiger partial charge in [-0.1, -0.05) is 0 Å². The Hall–Kier alpha value is -2.70. The van der Waals surface area contributed by atoms with Gasteiger partial charge in [0.15, 0.2) is 0 Å². The van der Waals surface area contributed by atoms with E-state index in [1.165, 1.54) is 30.5 Å². The molecule has 1 aromatic carbocycles. The second-order valence-electron chi connectivity index (χ2n) is 3.15. The summed E-state index contributed by atoms with van der Waals surface area (Å²) in [5, 5.41) is 19.1. The van der Waals surface area contributed by atoms with E-state index in [-0.39, 0.29) is 5.69 Å². The molecule has 0 radical (unpaired) electrons. The minimum absolute atomic E-state index is 0.0456. The summed E-state index contributed by atoms with van der Waals surface area (Å²) >= 11 is 0. The van der Waals surface area contributed by atoms with Crippen LogP contribution in [0.1, 0.15) is 10.7 Å². The first-order valence-corrected chi connectivity index (χ1v) is 4.51. The van der Waals surface area contributed by atoms with Crippen molar-refractivity contribution in [2.24, 2.45) is 0 Å². The SMILES string of the molecule is O=C(O)c1nc(-c2ccc([N+](=O)[O-])cc2)co1. The summed E-state index contributed by atoms with van der Waals surface area (Å²) in [5.41, 5.74) is 0.819. The van der Waals surface area contributed by atoms with Gasteiger partial charge in [0, 0.05) is 17.7 Å². The third kappa shape index (κ3) is 2.12. The maximum Gasteiger partial charge on any atom is 0.392 e. The van der Waals surface area contributed by atoms with E-state index in [9.17, 15) is 14.9 Å². The Balaban J connectivity index is 2.33. The van der Waals surface area contributed by atoms with Crippen molar-refractivity contribution in [1.29, 1.82) is 0 Å². The standard InChI is InChI=1S/C10H6N2O5/c13-10(14)9-11-8(5-17-9)6-1-3-7(4-2-6)12(15)16/h1-5H,(H,13,14). The van der Waals surface area contributed by atoms with Crippen LogP contribution in [0, 0.1) is 10.1 Å². The lowest BCUT2D eigenvalue weighted by Gasteiger charge is -1.94. The Morgan fingerprint density at radius 2 is 2.00 bits per heavy atom. The molecule has 1 N–H and O–H groups in total. The Bertz CT molecular complexity index is 573. The molecule has 0 atom stereocenters. The van der Waals surface area contributed by atoms with Crippen molar-refractivity contribution >= 4 is 11.7 Å². The lowest BCUT2D eigenvalue weighted by molar-refractivity contribution is -0.384. The number of carboxylic acid groups (broad SMARTS) is 1. The van der Waals surface area contributed by atoms with Gasteiger partial charge >= 0.3 is 11.9 Å². The maximum absolute atomic E-state index is 10.5. The fourth-order valence-corrected chi connectivity index (χ4v) is 1.26. The molecule has 86 valence electrons. The zero-order chi connectivity index (χ0) is 12.4. The molecule has 7 nitrogen and oxygen atoms in total. The van der Waals surface area contributed by atoms with E-state index in [0.29, 0.717) is 11.3 Å². The highest BCUT2D eigenvalue weighted by molar-refractivity contribution is 5.83. The van der Waals surface area contributed by atoms with E-state index in [2.05, 4.69) is 4.98 Å². The molecule has 2 rings (SSSR count). The second kappa shape index (κ2) is 4.05. The molecule has 2 aromatic rings. The number of nitrogens with zero attached hydrogens (tertiary/aromatic N) is 2. The van der Waals surface area contributed by atoms with Crippen molar-refractivity contribution < 1.29 is 19.2 Å². The summed E-state index contributed by atoms with van der Waals surface area (Å²) in [7, 11) is 0. The number of aromatic nitrogens is 1. The molecule has 0 unspecified atom stereocenters. The van der Waals surface area contributed by atoms with Gasteiger partial charge in [0.05, 0.1) is 4.92 Å². The van der Waals surface area contributed by atoms with Crippen LogP contribution in [0.2, 0.25) is 0 Å². The average molecular weight is 234 g/mol. The molecule has 0 spiro atoms. The number of aromatic carboxylic acids is 1. The van der Waals surface area contributed by atoms with Crippen LogP contribution >= 0.6 is 0 Å². The number of benzene rings is 1. The van der Waals surface area contributed by atoms with Gasteiger partial charge in [-0.15, -0.1) is 0 Å². The lowest BCUT2D eigenvalue weighted by Crippen LogP contribution is -1.95. The van der Waals surface area contributed by atoms with E-state index in [1.807, 2.05) is 0 Å². The number of nitro groups is 1. The number of hydrogen-bond donors (Lipinski definition) is 1. The zero-order valence-corrected chi connectivity index (χ0v) is 8.36. The number of carboxylic acids is 1. The van der Waals surface area contributed by atoms with E-state index >= 15 is 0 Å². The molecule has 0 aliphatic rings. The van der Waals surface area contributed by atoms with Crippen LogP contribution in [-0.2, 0) is 0 Å². The first kappa shape index (κ1) is 10.8. The summed E-state index contributed by atoms with van der Waals surface area (Å²) in [5.74, 6) is -1.68. The second-order valence-corrected chi connectivity index (χ2v) is 3.15. The number of carbonyl (C=O) groups is 1. The predicted octanol–water partition coefficient (Wildman–Crippen LogP) is 1.95. The van der Waals surface area contributed by atoms with Gasteiger partial charge in [-0.3, -0.25) is 10.1 Å². The largest absolute Gasteiger partial charge is 0.474 e. The molecule has 1 heterocycles. The predicted molar refractivity (Wildman–Crippen MR) is 55.6 cm³/mol.